The molecule has 0 aromatic heterocycles. The lowest BCUT2D eigenvalue weighted by Gasteiger charge is -2.35. The van der Waals surface area contributed by atoms with Crippen LogP contribution >= 0.6 is 0 Å². The van der Waals surface area contributed by atoms with Gasteiger partial charge in [0.25, 0.3) is 0 Å². The third-order valence-electron chi connectivity index (χ3n) is 6.38. The quantitative estimate of drug-likeness (QED) is 0.541. The molecule has 1 unspecified atom stereocenters. The first kappa shape index (κ1) is 22.2. The molecule has 0 spiro atoms. The number of aliphatic imine (C=N–C) groups is 1. The molecule has 0 bridgehead atoms. The Labute approximate surface area is 191 Å². The lowest BCUT2D eigenvalue weighted by Crippen LogP contribution is -2.51. The summed E-state index contributed by atoms with van der Waals surface area (Å²) in [6.45, 7) is 6.48. The minimum atomic E-state index is 0.269. The highest BCUT2D eigenvalue weighted by atomic mass is 16.2. The molecule has 32 heavy (non-hydrogen) atoms. The summed E-state index contributed by atoms with van der Waals surface area (Å²) in [5.74, 6) is 1.10. The minimum absolute atomic E-state index is 0.269. The van der Waals surface area contributed by atoms with Crippen LogP contribution < -0.4 is 15.5 Å². The van der Waals surface area contributed by atoms with E-state index >= 15 is 0 Å². The first-order valence-corrected chi connectivity index (χ1v) is 11.7. The Morgan fingerprint density at radius 3 is 2.66 bits per heavy atom. The number of aryl methyl sites for hydroxylation is 1. The summed E-state index contributed by atoms with van der Waals surface area (Å²) in [6.07, 6.45) is 3.97. The number of hydrogen-bond donors (Lipinski definition) is 2. The molecular formula is C26H35N5O. The van der Waals surface area contributed by atoms with Gasteiger partial charge in [0.2, 0.25) is 5.91 Å². The number of amides is 1. The molecule has 2 aromatic carbocycles. The molecule has 0 radical (unpaired) electrons. The first-order valence-electron chi connectivity index (χ1n) is 11.7. The number of benzene rings is 2. The van der Waals surface area contributed by atoms with Crippen molar-refractivity contribution in [2.45, 2.75) is 51.7 Å². The van der Waals surface area contributed by atoms with Gasteiger partial charge in [0.1, 0.15) is 0 Å². The number of carbonyl (C=O) groups is 1. The van der Waals surface area contributed by atoms with Gasteiger partial charge < -0.3 is 20.4 Å². The van der Waals surface area contributed by atoms with Gasteiger partial charge in [-0.15, -0.1) is 0 Å². The Hall–Kier alpha value is -3.02. The molecule has 1 amide bonds. The van der Waals surface area contributed by atoms with E-state index < -0.39 is 0 Å². The monoisotopic (exact) mass is 433 g/mol. The summed E-state index contributed by atoms with van der Waals surface area (Å²) >= 11 is 0. The Balaban J connectivity index is 1.29. The van der Waals surface area contributed by atoms with Crippen LogP contribution in [0.1, 0.15) is 42.4 Å². The van der Waals surface area contributed by atoms with Crippen molar-refractivity contribution in [2.75, 3.05) is 31.6 Å². The second-order valence-electron chi connectivity index (χ2n) is 8.93. The third-order valence-corrected chi connectivity index (χ3v) is 6.38. The van der Waals surface area contributed by atoms with Gasteiger partial charge in [0.05, 0.1) is 0 Å². The van der Waals surface area contributed by atoms with Gasteiger partial charge in [-0.3, -0.25) is 9.79 Å². The van der Waals surface area contributed by atoms with Crippen molar-refractivity contribution < 1.29 is 4.79 Å². The number of anilines is 1. The van der Waals surface area contributed by atoms with Gasteiger partial charge in [-0.05, 0) is 49.4 Å². The molecule has 2 saturated heterocycles. The number of rotatable bonds is 6. The Morgan fingerprint density at radius 1 is 1.09 bits per heavy atom. The van der Waals surface area contributed by atoms with Crippen molar-refractivity contribution in [3.8, 4) is 0 Å². The van der Waals surface area contributed by atoms with Gasteiger partial charge in [0, 0.05) is 57.9 Å². The van der Waals surface area contributed by atoms with Gasteiger partial charge in [-0.25, -0.2) is 0 Å². The summed E-state index contributed by atoms with van der Waals surface area (Å²) in [5, 5.41) is 7.08. The molecule has 6 nitrogen and oxygen atoms in total. The first-order chi connectivity index (χ1) is 15.6. The predicted molar refractivity (Wildman–Crippen MR) is 131 cm³/mol. The van der Waals surface area contributed by atoms with E-state index in [1.165, 1.54) is 28.8 Å². The van der Waals surface area contributed by atoms with Crippen LogP contribution in [0.25, 0.3) is 0 Å². The molecule has 2 heterocycles. The fraction of sp³-hybridized carbons (Fsp3) is 0.462. The summed E-state index contributed by atoms with van der Waals surface area (Å²) in [5.41, 5.74) is 4.96. The molecule has 2 N–H and O–H groups in total. The smallest absolute Gasteiger partial charge is 0.222 e. The number of nitrogens with one attached hydrogen (secondary N) is 2. The standard InChI is InChI=1S/C26H35N5O/c1-20-10-12-24(13-11-20)30-14-4-8-23(19-30)29-26(27-2)28-17-21-6-3-7-22(16-21)18-31-15-5-9-25(31)32/h3,6-7,10-13,16,23H,4-5,8-9,14-15,17-19H2,1-2H3,(H2,27,28,29). The summed E-state index contributed by atoms with van der Waals surface area (Å²) in [4.78, 5) is 20.8. The number of likely N-dealkylation sites (tertiary alicyclic amines) is 1. The predicted octanol–water partition coefficient (Wildman–Crippen LogP) is 3.45. The van der Waals surface area contributed by atoms with Crippen molar-refractivity contribution in [3.63, 3.8) is 0 Å². The Bertz CT molecular complexity index is 939. The molecule has 2 aliphatic heterocycles. The fourth-order valence-corrected chi connectivity index (χ4v) is 4.59. The highest BCUT2D eigenvalue weighted by Gasteiger charge is 2.21. The van der Waals surface area contributed by atoms with Crippen LogP contribution in [0.5, 0.6) is 0 Å². The molecule has 1 atom stereocenters. The molecular weight excluding hydrogens is 398 g/mol. The topological polar surface area (TPSA) is 60.0 Å². The van der Waals surface area contributed by atoms with E-state index in [0.29, 0.717) is 25.6 Å². The maximum absolute atomic E-state index is 11.9. The van der Waals surface area contributed by atoms with Crippen molar-refractivity contribution in [3.05, 3.63) is 65.2 Å². The number of guanidine groups is 1. The zero-order valence-electron chi connectivity index (χ0n) is 19.3. The summed E-state index contributed by atoms with van der Waals surface area (Å²) in [6, 6.07) is 17.6. The molecule has 0 aliphatic carbocycles. The van der Waals surface area contributed by atoms with Crippen LogP contribution in [0, 0.1) is 6.92 Å². The van der Waals surface area contributed by atoms with E-state index in [1.807, 2.05) is 11.9 Å². The molecule has 4 rings (SSSR count). The van der Waals surface area contributed by atoms with E-state index in [-0.39, 0.29) is 5.91 Å². The maximum atomic E-state index is 11.9. The second kappa shape index (κ2) is 10.5. The third kappa shape index (κ3) is 5.81. The molecule has 2 fully saturated rings. The van der Waals surface area contributed by atoms with Crippen LogP contribution in [0.2, 0.25) is 0 Å². The summed E-state index contributed by atoms with van der Waals surface area (Å²) in [7, 11) is 1.82. The van der Waals surface area contributed by atoms with E-state index in [0.717, 1.165) is 38.4 Å². The van der Waals surface area contributed by atoms with Crippen LogP contribution in [-0.2, 0) is 17.9 Å². The average molecular weight is 434 g/mol. The van der Waals surface area contributed by atoms with E-state index in [9.17, 15) is 4.79 Å². The van der Waals surface area contributed by atoms with E-state index in [2.05, 4.69) is 76.0 Å². The van der Waals surface area contributed by atoms with Crippen molar-refractivity contribution in [1.82, 2.24) is 15.5 Å². The van der Waals surface area contributed by atoms with Crippen LogP contribution in [0.3, 0.4) is 0 Å². The van der Waals surface area contributed by atoms with Crippen LogP contribution in [0.15, 0.2) is 53.5 Å². The van der Waals surface area contributed by atoms with Crippen molar-refractivity contribution >= 4 is 17.6 Å². The maximum Gasteiger partial charge on any atom is 0.222 e. The summed E-state index contributed by atoms with van der Waals surface area (Å²) < 4.78 is 0. The van der Waals surface area contributed by atoms with E-state index in [4.69, 9.17) is 0 Å². The van der Waals surface area contributed by atoms with Gasteiger partial charge in [-0.1, -0.05) is 42.0 Å². The lowest BCUT2D eigenvalue weighted by atomic mass is 10.0. The molecule has 2 aliphatic rings. The Kier molecular flexibility index (Phi) is 7.30. The van der Waals surface area contributed by atoms with Crippen molar-refractivity contribution in [1.29, 1.82) is 0 Å². The molecule has 6 heteroatoms. The number of nitrogens with zero attached hydrogens (tertiary/aromatic N) is 3. The van der Waals surface area contributed by atoms with Gasteiger partial charge in [-0.2, -0.15) is 0 Å². The fourth-order valence-electron chi connectivity index (χ4n) is 4.59. The molecule has 0 saturated carbocycles. The number of hydrogen-bond acceptors (Lipinski definition) is 3. The van der Waals surface area contributed by atoms with Crippen LogP contribution in [-0.4, -0.2) is 49.5 Å². The van der Waals surface area contributed by atoms with Gasteiger partial charge in [0.15, 0.2) is 5.96 Å². The Morgan fingerprint density at radius 2 is 1.91 bits per heavy atom. The zero-order chi connectivity index (χ0) is 22.3. The second-order valence-corrected chi connectivity index (χ2v) is 8.93. The zero-order valence-corrected chi connectivity index (χ0v) is 19.3. The largest absolute Gasteiger partial charge is 0.369 e. The average Bonchev–Trinajstić information content (AvgIpc) is 3.21. The lowest BCUT2D eigenvalue weighted by molar-refractivity contribution is -0.128. The van der Waals surface area contributed by atoms with Crippen molar-refractivity contribution in [2.24, 2.45) is 4.99 Å². The highest BCUT2D eigenvalue weighted by molar-refractivity contribution is 5.80. The van der Waals surface area contributed by atoms with Crippen LogP contribution in [0.4, 0.5) is 5.69 Å². The minimum Gasteiger partial charge on any atom is -0.369 e. The molecule has 170 valence electrons. The normalized spacial score (nSPS) is 19.4. The highest BCUT2D eigenvalue weighted by Crippen LogP contribution is 2.20. The molecule has 2 aromatic rings. The SMILES string of the molecule is CN=C(NCc1cccc(CN2CCCC2=O)c1)NC1CCCN(c2ccc(C)cc2)C1. The number of carbonyl (C=O) groups excluding carboxylic acids is 1. The van der Waals surface area contributed by atoms with E-state index in [1.54, 1.807) is 0 Å². The van der Waals surface area contributed by atoms with Gasteiger partial charge >= 0.3 is 0 Å². The number of piperidine rings is 1.